The molecule has 0 fully saturated rings. The summed E-state index contributed by atoms with van der Waals surface area (Å²) in [7, 11) is 0. The van der Waals surface area contributed by atoms with E-state index in [1.165, 1.54) is 0 Å². The smallest absolute Gasteiger partial charge is 0.248 e. The second-order valence-electron chi connectivity index (χ2n) is 5.54. The van der Waals surface area contributed by atoms with E-state index >= 15 is 0 Å². The first-order valence-corrected chi connectivity index (χ1v) is 6.99. The normalized spacial score (nSPS) is 11.8. The van der Waals surface area contributed by atoms with E-state index in [9.17, 15) is 0 Å². The Labute approximate surface area is 121 Å². The molecule has 0 bridgehead atoms. The molecule has 0 radical (unpaired) electrons. The number of benzene rings is 1. The SMILES string of the molecule is Cc1cccc(-c2nnc(CNC(C)(C)C)o2)c1Br. The topological polar surface area (TPSA) is 51.0 Å². The predicted molar refractivity (Wildman–Crippen MR) is 78.8 cm³/mol. The van der Waals surface area contributed by atoms with Crippen LogP contribution in [-0.2, 0) is 6.54 Å². The monoisotopic (exact) mass is 323 g/mol. The maximum atomic E-state index is 5.69. The highest BCUT2D eigenvalue weighted by Gasteiger charge is 2.15. The van der Waals surface area contributed by atoms with Gasteiger partial charge in [-0.25, -0.2) is 0 Å². The predicted octanol–water partition coefficient (Wildman–Crippen LogP) is 3.70. The Hall–Kier alpha value is -1.20. The Bertz CT molecular complexity index is 572. The number of halogens is 1. The molecular formula is C14H18BrN3O. The van der Waals surface area contributed by atoms with Crippen LogP contribution >= 0.6 is 15.9 Å². The van der Waals surface area contributed by atoms with Gasteiger partial charge in [0.15, 0.2) is 0 Å². The first-order valence-electron chi connectivity index (χ1n) is 6.20. The number of aryl methyl sites for hydroxylation is 1. The Morgan fingerprint density at radius 2 is 2.00 bits per heavy atom. The maximum Gasteiger partial charge on any atom is 0.248 e. The van der Waals surface area contributed by atoms with Crippen LogP contribution in [0.15, 0.2) is 27.1 Å². The lowest BCUT2D eigenvalue weighted by Gasteiger charge is -2.18. The molecule has 0 aliphatic carbocycles. The van der Waals surface area contributed by atoms with Crippen LogP contribution in [0.5, 0.6) is 0 Å². The van der Waals surface area contributed by atoms with E-state index in [0.29, 0.717) is 18.3 Å². The summed E-state index contributed by atoms with van der Waals surface area (Å²) >= 11 is 3.55. The number of nitrogens with one attached hydrogen (secondary N) is 1. The van der Waals surface area contributed by atoms with Gasteiger partial charge in [-0.05, 0) is 55.3 Å². The quantitative estimate of drug-likeness (QED) is 0.935. The van der Waals surface area contributed by atoms with Gasteiger partial charge in [0.1, 0.15) is 0 Å². The van der Waals surface area contributed by atoms with Crippen LogP contribution in [0.25, 0.3) is 11.5 Å². The largest absolute Gasteiger partial charge is 0.419 e. The van der Waals surface area contributed by atoms with E-state index in [1.54, 1.807) is 0 Å². The lowest BCUT2D eigenvalue weighted by Crippen LogP contribution is -2.35. The van der Waals surface area contributed by atoms with Gasteiger partial charge in [0, 0.05) is 10.0 Å². The third kappa shape index (κ3) is 3.64. The summed E-state index contributed by atoms with van der Waals surface area (Å²) in [6.07, 6.45) is 0. The average molecular weight is 324 g/mol. The van der Waals surface area contributed by atoms with Crippen molar-refractivity contribution in [3.8, 4) is 11.5 Å². The molecule has 1 aromatic heterocycles. The number of hydrogen-bond acceptors (Lipinski definition) is 4. The maximum absolute atomic E-state index is 5.69. The van der Waals surface area contributed by atoms with Gasteiger partial charge in [-0.3, -0.25) is 0 Å². The molecule has 2 aromatic rings. The second-order valence-corrected chi connectivity index (χ2v) is 6.33. The van der Waals surface area contributed by atoms with E-state index in [2.05, 4.69) is 52.2 Å². The van der Waals surface area contributed by atoms with Crippen LogP contribution in [0.1, 0.15) is 32.2 Å². The molecule has 5 heteroatoms. The first kappa shape index (κ1) is 14.2. The molecule has 1 aromatic carbocycles. The summed E-state index contributed by atoms with van der Waals surface area (Å²) < 4.78 is 6.68. The zero-order valence-corrected chi connectivity index (χ0v) is 13.2. The van der Waals surface area contributed by atoms with Crippen LogP contribution in [0.2, 0.25) is 0 Å². The van der Waals surface area contributed by atoms with Gasteiger partial charge in [-0.1, -0.05) is 12.1 Å². The fourth-order valence-electron chi connectivity index (χ4n) is 1.59. The van der Waals surface area contributed by atoms with Gasteiger partial charge in [0.2, 0.25) is 11.8 Å². The minimum absolute atomic E-state index is 0.0263. The highest BCUT2D eigenvalue weighted by atomic mass is 79.9. The summed E-state index contributed by atoms with van der Waals surface area (Å²) in [6, 6.07) is 5.98. The molecule has 0 amide bonds. The summed E-state index contributed by atoms with van der Waals surface area (Å²) in [6.45, 7) is 8.90. The molecule has 2 rings (SSSR count). The van der Waals surface area contributed by atoms with Gasteiger partial charge in [-0.2, -0.15) is 0 Å². The minimum Gasteiger partial charge on any atom is -0.419 e. The number of aromatic nitrogens is 2. The van der Waals surface area contributed by atoms with Crippen LogP contribution in [0, 0.1) is 6.92 Å². The summed E-state index contributed by atoms with van der Waals surface area (Å²) in [5.74, 6) is 1.14. The van der Waals surface area contributed by atoms with Gasteiger partial charge in [0.05, 0.1) is 12.1 Å². The molecule has 1 heterocycles. The molecule has 0 aliphatic rings. The van der Waals surface area contributed by atoms with Crippen molar-refractivity contribution in [2.75, 3.05) is 0 Å². The van der Waals surface area contributed by atoms with Crippen LogP contribution in [0.4, 0.5) is 0 Å². The lowest BCUT2D eigenvalue weighted by atomic mass is 10.1. The molecule has 0 spiro atoms. The molecule has 102 valence electrons. The molecule has 0 atom stereocenters. The zero-order chi connectivity index (χ0) is 14.0. The molecular weight excluding hydrogens is 306 g/mol. The van der Waals surface area contributed by atoms with Crippen LogP contribution in [-0.4, -0.2) is 15.7 Å². The number of rotatable bonds is 3. The van der Waals surface area contributed by atoms with Gasteiger partial charge in [0.25, 0.3) is 0 Å². The van der Waals surface area contributed by atoms with E-state index in [-0.39, 0.29) is 5.54 Å². The van der Waals surface area contributed by atoms with E-state index in [0.717, 1.165) is 15.6 Å². The van der Waals surface area contributed by atoms with E-state index in [4.69, 9.17) is 4.42 Å². The lowest BCUT2D eigenvalue weighted by molar-refractivity contribution is 0.383. The fraction of sp³-hybridized carbons (Fsp3) is 0.429. The Morgan fingerprint density at radius 1 is 1.26 bits per heavy atom. The minimum atomic E-state index is 0.0263. The molecule has 0 saturated heterocycles. The highest BCUT2D eigenvalue weighted by molar-refractivity contribution is 9.10. The summed E-state index contributed by atoms with van der Waals surface area (Å²) in [5, 5.41) is 11.5. The molecule has 4 nitrogen and oxygen atoms in total. The van der Waals surface area contributed by atoms with E-state index < -0.39 is 0 Å². The first-order chi connectivity index (χ1) is 8.87. The van der Waals surface area contributed by atoms with Crippen molar-refractivity contribution in [1.29, 1.82) is 0 Å². The Morgan fingerprint density at radius 3 is 2.68 bits per heavy atom. The summed E-state index contributed by atoms with van der Waals surface area (Å²) in [4.78, 5) is 0. The van der Waals surface area contributed by atoms with Crippen molar-refractivity contribution in [1.82, 2.24) is 15.5 Å². The van der Waals surface area contributed by atoms with Crippen molar-refractivity contribution in [3.63, 3.8) is 0 Å². The zero-order valence-electron chi connectivity index (χ0n) is 11.6. The fourth-order valence-corrected chi connectivity index (χ4v) is 2.02. The van der Waals surface area contributed by atoms with Crippen molar-refractivity contribution in [2.24, 2.45) is 0 Å². The van der Waals surface area contributed by atoms with E-state index in [1.807, 2.05) is 25.1 Å². The van der Waals surface area contributed by atoms with Crippen molar-refractivity contribution >= 4 is 15.9 Å². The second kappa shape index (κ2) is 5.43. The van der Waals surface area contributed by atoms with Crippen molar-refractivity contribution in [3.05, 3.63) is 34.1 Å². The standard InChI is InChI=1S/C14H18BrN3O/c1-9-6-5-7-10(12(9)15)13-18-17-11(19-13)8-16-14(2,3)4/h5-7,16H,8H2,1-4H3. The van der Waals surface area contributed by atoms with Gasteiger partial charge in [-0.15, -0.1) is 10.2 Å². The third-order valence-electron chi connectivity index (χ3n) is 2.66. The average Bonchev–Trinajstić information content (AvgIpc) is 2.78. The van der Waals surface area contributed by atoms with Crippen LogP contribution < -0.4 is 5.32 Å². The third-order valence-corrected chi connectivity index (χ3v) is 3.71. The van der Waals surface area contributed by atoms with Gasteiger partial charge >= 0.3 is 0 Å². The molecule has 1 N–H and O–H groups in total. The molecule has 0 aliphatic heterocycles. The van der Waals surface area contributed by atoms with Crippen LogP contribution in [0.3, 0.4) is 0 Å². The van der Waals surface area contributed by atoms with Crippen molar-refractivity contribution < 1.29 is 4.42 Å². The summed E-state index contributed by atoms with van der Waals surface area (Å²) in [5.41, 5.74) is 2.10. The Kier molecular flexibility index (Phi) is 4.06. The number of nitrogens with zero attached hydrogens (tertiary/aromatic N) is 2. The Balaban J connectivity index is 2.19. The highest BCUT2D eigenvalue weighted by Crippen LogP contribution is 2.29. The van der Waals surface area contributed by atoms with Crippen molar-refractivity contribution in [2.45, 2.75) is 39.8 Å². The van der Waals surface area contributed by atoms with Gasteiger partial charge < -0.3 is 9.73 Å². The number of hydrogen-bond donors (Lipinski definition) is 1. The molecule has 19 heavy (non-hydrogen) atoms. The molecule has 0 unspecified atom stereocenters. The molecule has 0 saturated carbocycles.